The Labute approximate surface area is 157 Å². The van der Waals surface area contributed by atoms with E-state index in [4.69, 9.17) is 0 Å². The van der Waals surface area contributed by atoms with Crippen LogP contribution < -0.4 is 0 Å². The molecule has 0 spiro atoms. The van der Waals surface area contributed by atoms with Gasteiger partial charge in [0, 0.05) is 22.3 Å². The number of fused-ring (bicyclic) bond motifs is 1. The summed E-state index contributed by atoms with van der Waals surface area (Å²) in [5, 5.41) is 10.6. The van der Waals surface area contributed by atoms with Gasteiger partial charge in [0.15, 0.2) is 0 Å². The maximum Gasteiger partial charge on any atom is 0.353 e. The van der Waals surface area contributed by atoms with E-state index in [1.807, 2.05) is 36.4 Å². The molecule has 4 rings (SSSR count). The molecule has 0 atom stereocenters. The Morgan fingerprint density at radius 1 is 1.08 bits per heavy atom. The molecule has 4 nitrogen and oxygen atoms in total. The van der Waals surface area contributed by atoms with E-state index >= 15 is 0 Å². The van der Waals surface area contributed by atoms with Crippen molar-refractivity contribution in [1.82, 2.24) is 9.88 Å². The Balaban J connectivity index is 1.70. The standard InChI is InChI=1S/C21H22N2O2S/c24-21(25)19-20(26-16-7-3-1-4-8-16)17-13-15(9-10-18(17)22-19)14-23-11-5-2-6-12-23/h1,3-4,7-10,13,22H,2,5-6,11-12,14H2,(H,24,25). The summed E-state index contributed by atoms with van der Waals surface area (Å²) < 4.78 is 0. The highest BCUT2D eigenvalue weighted by atomic mass is 32.2. The fourth-order valence-corrected chi connectivity index (χ4v) is 4.60. The van der Waals surface area contributed by atoms with Gasteiger partial charge in [-0.1, -0.05) is 42.4 Å². The van der Waals surface area contributed by atoms with Crippen LogP contribution in [0, 0.1) is 0 Å². The average molecular weight is 366 g/mol. The first kappa shape index (κ1) is 17.2. The summed E-state index contributed by atoms with van der Waals surface area (Å²) in [4.78, 5) is 19.1. The number of aromatic amines is 1. The van der Waals surface area contributed by atoms with Gasteiger partial charge in [-0.25, -0.2) is 4.79 Å². The molecule has 2 N–H and O–H groups in total. The molecule has 2 heterocycles. The average Bonchev–Trinajstić information content (AvgIpc) is 3.02. The molecule has 0 amide bonds. The number of nitrogens with one attached hydrogen (secondary N) is 1. The first-order valence-electron chi connectivity index (χ1n) is 9.04. The maximum atomic E-state index is 11.7. The summed E-state index contributed by atoms with van der Waals surface area (Å²) in [7, 11) is 0. The highest BCUT2D eigenvalue weighted by molar-refractivity contribution is 7.99. The zero-order valence-corrected chi connectivity index (χ0v) is 15.4. The number of rotatable bonds is 5. The molecule has 1 aliphatic heterocycles. The van der Waals surface area contributed by atoms with Crippen LogP contribution in [-0.2, 0) is 6.54 Å². The lowest BCUT2D eigenvalue weighted by Crippen LogP contribution is -2.29. The van der Waals surface area contributed by atoms with Crippen LogP contribution in [0.15, 0.2) is 58.3 Å². The molecule has 1 saturated heterocycles. The second-order valence-electron chi connectivity index (χ2n) is 6.77. The van der Waals surface area contributed by atoms with Crippen LogP contribution in [0.2, 0.25) is 0 Å². The van der Waals surface area contributed by atoms with E-state index in [9.17, 15) is 9.90 Å². The van der Waals surface area contributed by atoms with E-state index in [-0.39, 0.29) is 5.69 Å². The minimum absolute atomic E-state index is 0.268. The van der Waals surface area contributed by atoms with Crippen molar-refractivity contribution in [2.45, 2.75) is 35.6 Å². The van der Waals surface area contributed by atoms with Crippen molar-refractivity contribution in [3.8, 4) is 0 Å². The third kappa shape index (κ3) is 3.64. The molecule has 26 heavy (non-hydrogen) atoms. The van der Waals surface area contributed by atoms with Gasteiger partial charge in [-0.3, -0.25) is 4.90 Å². The molecule has 0 saturated carbocycles. The maximum absolute atomic E-state index is 11.7. The molecule has 134 valence electrons. The molecule has 2 aromatic carbocycles. The summed E-state index contributed by atoms with van der Waals surface area (Å²) in [6.07, 6.45) is 3.86. The predicted molar refractivity (Wildman–Crippen MR) is 105 cm³/mol. The Morgan fingerprint density at radius 3 is 2.58 bits per heavy atom. The minimum Gasteiger partial charge on any atom is -0.477 e. The Bertz CT molecular complexity index is 914. The lowest BCUT2D eigenvalue weighted by Gasteiger charge is -2.26. The predicted octanol–water partition coefficient (Wildman–Crippen LogP) is 5.00. The number of nitrogens with zero attached hydrogens (tertiary/aromatic N) is 1. The molecule has 3 aromatic rings. The van der Waals surface area contributed by atoms with Gasteiger partial charge >= 0.3 is 5.97 Å². The highest BCUT2D eigenvalue weighted by Crippen LogP contribution is 2.37. The van der Waals surface area contributed by atoms with Crippen molar-refractivity contribution in [1.29, 1.82) is 0 Å². The fourth-order valence-electron chi connectivity index (χ4n) is 3.55. The molecule has 1 aromatic heterocycles. The second kappa shape index (κ2) is 7.56. The number of aromatic carboxylic acids is 1. The van der Waals surface area contributed by atoms with Crippen LogP contribution in [0.25, 0.3) is 10.9 Å². The number of likely N-dealkylation sites (tertiary alicyclic amines) is 1. The van der Waals surface area contributed by atoms with Gasteiger partial charge < -0.3 is 10.1 Å². The number of hydrogen-bond donors (Lipinski definition) is 2. The molecule has 0 radical (unpaired) electrons. The molecular weight excluding hydrogens is 344 g/mol. The van der Waals surface area contributed by atoms with E-state index < -0.39 is 5.97 Å². The lowest BCUT2D eigenvalue weighted by atomic mass is 10.1. The van der Waals surface area contributed by atoms with E-state index in [1.165, 1.54) is 36.6 Å². The number of aromatic nitrogens is 1. The van der Waals surface area contributed by atoms with Crippen molar-refractivity contribution >= 4 is 28.6 Å². The minimum atomic E-state index is -0.919. The number of carboxylic acid groups (broad SMARTS) is 1. The first-order chi connectivity index (χ1) is 12.7. The van der Waals surface area contributed by atoms with Crippen LogP contribution in [0.1, 0.15) is 35.3 Å². The number of piperidine rings is 1. The Hall–Kier alpha value is -2.24. The summed E-state index contributed by atoms with van der Waals surface area (Å²) in [5.74, 6) is -0.919. The zero-order chi connectivity index (χ0) is 17.9. The van der Waals surface area contributed by atoms with Gasteiger partial charge in [0.1, 0.15) is 5.69 Å². The van der Waals surface area contributed by atoms with Crippen LogP contribution in [-0.4, -0.2) is 34.0 Å². The van der Waals surface area contributed by atoms with Crippen LogP contribution >= 0.6 is 11.8 Å². The Kier molecular flexibility index (Phi) is 5.00. The van der Waals surface area contributed by atoms with Gasteiger partial charge in [0.2, 0.25) is 0 Å². The molecule has 1 aliphatic rings. The first-order valence-corrected chi connectivity index (χ1v) is 9.85. The van der Waals surface area contributed by atoms with Gasteiger partial charge in [0.25, 0.3) is 0 Å². The van der Waals surface area contributed by atoms with E-state index in [0.717, 1.165) is 40.3 Å². The van der Waals surface area contributed by atoms with Crippen LogP contribution in [0.5, 0.6) is 0 Å². The summed E-state index contributed by atoms with van der Waals surface area (Å²) in [6.45, 7) is 3.23. The van der Waals surface area contributed by atoms with E-state index in [2.05, 4.69) is 22.0 Å². The Morgan fingerprint density at radius 2 is 1.85 bits per heavy atom. The number of benzene rings is 2. The SMILES string of the molecule is O=C(O)c1[nH]c2ccc(CN3CCCCC3)cc2c1Sc1ccccc1. The molecule has 0 bridgehead atoms. The van der Waals surface area contributed by atoms with Crippen molar-refractivity contribution in [2.75, 3.05) is 13.1 Å². The van der Waals surface area contributed by atoms with Crippen molar-refractivity contribution in [2.24, 2.45) is 0 Å². The lowest BCUT2D eigenvalue weighted by molar-refractivity contribution is 0.0688. The quantitative estimate of drug-likeness (QED) is 0.667. The molecule has 0 aliphatic carbocycles. The normalized spacial score (nSPS) is 15.4. The zero-order valence-electron chi connectivity index (χ0n) is 14.6. The van der Waals surface area contributed by atoms with Gasteiger partial charge in [-0.05, 0) is 55.8 Å². The monoisotopic (exact) mass is 366 g/mol. The number of carbonyl (C=O) groups is 1. The summed E-state index contributed by atoms with van der Waals surface area (Å²) >= 11 is 1.51. The smallest absolute Gasteiger partial charge is 0.353 e. The van der Waals surface area contributed by atoms with Gasteiger partial charge in [-0.2, -0.15) is 0 Å². The van der Waals surface area contributed by atoms with Gasteiger partial charge in [-0.15, -0.1) is 0 Å². The number of H-pyrrole nitrogens is 1. The summed E-state index contributed by atoms with van der Waals surface area (Å²) in [5.41, 5.74) is 2.39. The van der Waals surface area contributed by atoms with Crippen LogP contribution in [0.3, 0.4) is 0 Å². The number of hydrogen-bond acceptors (Lipinski definition) is 3. The van der Waals surface area contributed by atoms with Crippen molar-refractivity contribution in [3.05, 3.63) is 59.8 Å². The largest absolute Gasteiger partial charge is 0.477 e. The van der Waals surface area contributed by atoms with E-state index in [1.54, 1.807) is 0 Å². The fraction of sp³-hybridized carbons (Fsp3) is 0.286. The third-order valence-electron chi connectivity index (χ3n) is 4.85. The molecule has 5 heteroatoms. The highest BCUT2D eigenvalue weighted by Gasteiger charge is 2.19. The molecule has 0 unspecified atom stereocenters. The molecular formula is C21H22N2O2S. The van der Waals surface area contributed by atoms with Crippen LogP contribution in [0.4, 0.5) is 0 Å². The third-order valence-corrected chi connectivity index (χ3v) is 5.98. The second-order valence-corrected chi connectivity index (χ2v) is 7.85. The van der Waals surface area contributed by atoms with Crippen molar-refractivity contribution in [3.63, 3.8) is 0 Å². The number of carboxylic acids is 1. The van der Waals surface area contributed by atoms with E-state index in [0.29, 0.717) is 0 Å². The molecule has 1 fully saturated rings. The van der Waals surface area contributed by atoms with Crippen molar-refractivity contribution < 1.29 is 9.90 Å². The topological polar surface area (TPSA) is 56.3 Å². The van der Waals surface area contributed by atoms with Gasteiger partial charge in [0.05, 0.1) is 4.90 Å². The summed E-state index contributed by atoms with van der Waals surface area (Å²) in [6, 6.07) is 16.2.